The van der Waals surface area contributed by atoms with E-state index in [4.69, 9.17) is 21.1 Å². The maximum absolute atomic E-state index is 12.2. The average Bonchev–Trinajstić information content (AvgIpc) is 3.22. The van der Waals surface area contributed by atoms with Crippen LogP contribution in [0.25, 0.3) is 0 Å². The Morgan fingerprint density at radius 1 is 1.17 bits per heavy atom. The maximum Gasteiger partial charge on any atom is 0.319 e. The van der Waals surface area contributed by atoms with Crippen molar-refractivity contribution in [1.82, 2.24) is 5.32 Å². The van der Waals surface area contributed by atoms with Gasteiger partial charge in [-0.05, 0) is 18.2 Å². The van der Waals surface area contributed by atoms with E-state index in [-0.39, 0.29) is 6.03 Å². The fourth-order valence-electron chi connectivity index (χ4n) is 3.17. The fourth-order valence-corrected chi connectivity index (χ4v) is 3.35. The summed E-state index contributed by atoms with van der Waals surface area (Å²) in [7, 11) is 0. The summed E-state index contributed by atoms with van der Waals surface area (Å²) in [6.45, 7) is 1.75. The van der Waals surface area contributed by atoms with Crippen molar-refractivity contribution in [2.24, 2.45) is 0 Å². The molecule has 2 aliphatic heterocycles. The number of rotatable bonds is 3. The summed E-state index contributed by atoms with van der Waals surface area (Å²) < 4.78 is 11.5. The lowest BCUT2D eigenvalue weighted by molar-refractivity contribution is 0.251. The van der Waals surface area contributed by atoms with E-state index < -0.39 is 0 Å². The van der Waals surface area contributed by atoms with E-state index in [1.54, 1.807) is 12.1 Å². The standard InChI is InChI=1S/C18H17ClN2O3/c19-14-3-1-2-4-15(14)21-18(22)20-10-13-12-6-8-23-16(12)9-11-5-7-24-17(11)13/h1-4,9H,5-8,10H2,(H2,20,21,22). The van der Waals surface area contributed by atoms with Crippen LogP contribution in [-0.4, -0.2) is 19.2 Å². The number of urea groups is 1. The molecular formula is C18H17ClN2O3. The van der Waals surface area contributed by atoms with Gasteiger partial charge in [-0.2, -0.15) is 0 Å². The predicted octanol–water partition coefficient (Wildman–Crippen LogP) is 3.53. The van der Waals surface area contributed by atoms with Crippen molar-refractivity contribution in [3.63, 3.8) is 0 Å². The number of nitrogens with one attached hydrogen (secondary N) is 2. The van der Waals surface area contributed by atoms with Crippen molar-refractivity contribution in [2.75, 3.05) is 18.5 Å². The van der Waals surface area contributed by atoms with Gasteiger partial charge >= 0.3 is 6.03 Å². The number of carbonyl (C=O) groups excluding carboxylic acids is 1. The highest BCUT2D eigenvalue weighted by Gasteiger charge is 2.26. The molecular weight excluding hydrogens is 328 g/mol. The minimum Gasteiger partial charge on any atom is -0.493 e. The zero-order chi connectivity index (χ0) is 16.5. The van der Waals surface area contributed by atoms with Gasteiger partial charge in [0, 0.05) is 36.1 Å². The van der Waals surface area contributed by atoms with Gasteiger partial charge in [-0.15, -0.1) is 0 Å². The molecule has 2 aromatic carbocycles. The quantitative estimate of drug-likeness (QED) is 0.895. The summed E-state index contributed by atoms with van der Waals surface area (Å²) in [5.41, 5.74) is 3.89. The van der Waals surface area contributed by atoms with Crippen LogP contribution in [0, 0.1) is 0 Å². The molecule has 2 aliphatic rings. The second kappa shape index (κ2) is 6.24. The first-order valence-electron chi connectivity index (χ1n) is 7.95. The molecule has 0 fully saturated rings. The number of fused-ring (bicyclic) bond motifs is 2. The molecule has 0 unspecified atom stereocenters. The number of carbonyl (C=O) groups is 1. The largest absolute Gasteiger partial charge is 0.493 e. The molecule has 0 aromatic heterocycles. The number of anilines is 1. The highest BCUT2D eigenvalue weighted by atomic mass is 35.5. The summed E-state index contributed by atoms with van der Waals surface area (Å²) >= 11 is 6.06. The molecule has 0 atom stereocenters. The van der Waals surface area contributed by atoms with E-state index in [2.05, 4.69) is 16.7 Å². The van der Waals surface area contributed by atoms with Crippen molar-refractivity contribution in [3.05, 3.63) is 52.0 Å². The Hall–Kier alpha value is -2.40. The molecule has 2 aromatic rings. The third-order valence-corrected chi connectivity index (χ3v) is 4.64. The fraction of sp³-hybridized carbons (Fsp3) is 0.278. The first kappa shape index (κ1) is 15.1. The topological polar surface area (TPSA) is 59.6 Å². The highest BCUT2D eigenvalue weighted by molar-refractivity contribution is 6.33. The van der Waals surface area contributed by atoms with E-state index in [1.807, 2.05) is 12.1 Å². The molecule has 124 valence electrons. The van der Waals surface area contributed by atoms with E-state index in [0.717, 1.165) is 41.0 Å². The molecule has 0 bridgehead atoms. The second-order valence-electron chi connectivity index (χ2n) is 5.80. The van der Waals surface area contributed by atoms with E-state index in [9.17, 15) is 4.79 Å². The Balaban J connectivity index is 1.50. The van der Waals surface area contributed by atoms with Gasteiger partial charge in [0.15, 0.2) is 0 Å². The molecule has 0 saturated carbocycles. The molecule has 6 heteroatoms. The zero-order valence-electron chi connectivity index (χ0n) is 13.0. The third kappa shape index (κ3) is 2.76. The minimum atomic E-state index is -0.300. The molecule has 0 aliphatic carbocycles. The Labute approximate surface area is 144 Å². The number of para-hydroxylation sites is 1. The molecule has 2 amide bonds. The van der Waals surface area contributed by atoms with Crippen molar-refractivity contribution in [1.29, 1.82) is 0 Å². The monoisotopic (exact) mass is 344 g/mol. The van der Waals surface area contributed by atoms with Gasteiger partial charge in [-0.1, -0.05) is 23.7 Å². The van der Waals surface area contributed by atoms with E-state index in [1.165, 1.54) is 0 Å². The minimum absolute atomic E-state index is 0.300. The predicted molar refractivity (Wildman–Crippen MR) is 92.2 cm³/mol. The van der Waals surface area contributed by atoms with Crippen molar-refractivity contribution in [3.8, 4) is 11.5 Å². The second-order valence-corrected chi connectivity index (χ2v) is 6.21. The van der Waals surface area contributed by atoms with Crippen LogP contribution >= 0.6 is 11.6 Å². The van der Waals surface area contributed by atoms with Gasteiger partial charge in [0.2, 0.25) is 0 Å². The number of hydrogen-bond acceptors (Lipinski definition) is 3. The maximum atomic E-state index is 12.2. The van der Waals surface area contributed by atoms with Crippen molar-refractivity contribution >= 4 is 23.3 Å². The van der Waals surface area contributed by atoms with Gasteiger partial charge in [0.05, 0.1) is 23.9 Å². The molecule has 2 heterocycles. The van der Waals surface area contributed by atoms with Crippen molar-refractivity contribution < 1.29 is 14.3 Å². The summed E-state index contributed by atoms with van der Waals surface area (Å²) in [5, 5.41) is 6.16. The van der Waals surface area contributed by atoms with E-state index in [0.29, 0.717) is 30.5 Å². The smallest absolute Gasteiger partial charge is 0.319 e. The average molecular weight is 345 g/mol. The Morgan fingerprint density at radius 2 is 2.00 bits per heavy atom. The first-order chi connectivity index (χ1) is 11.7. The van der Waals surface area contributed by atoms with E-state index >= 15 is 0 Å². The third-order valence-electron chi connectivity index (χ3n) is 4.31. The molecule has 4 rings (SSSR count). The number of benzene rings is 2. The highest BCUT2D eigenvalue weighted by Crippen LogP contribution is 2.40. The van der Waals surface area contributed by atoms with Crippen LogP contribution in [-0.2, 0) is 19.4 Å². The number of ether oxygens (including phenoxy) is 2. The molecule has 5 nitrogen and oxygen atoms in total. The van der Waals surface area contributed by atoms with Crippen molar-refractivity contribution in [2.45, 2.75) is 19.4 Å². The van der Waals surface area contributed by atoms with Gasteiger partial charge in [0.1, 0.15) is 11.5 Å². The van der Waals surface area contributed by atoms with Crippen LogP contribution < -0.4 is 20.1 Å². The lowest BCUT2D eigenvalue weighted by atomic mass is 9.99. The number of amides is 2. The number of hydrogen-bond donors (Lipinski definition) is 2. The Bertz CT molecular complexity index is 775. The molecule has 2 N–H and O–H groups in total. The van der Waals surface area contributed by atoms with Crippen LogP contribution in [0.4, 0.5) is 10.5 Å². The van der Waals surface area contributed by atoms with Crippen LogP contribution in [0.5, 0.6) is 11.5 Å². The normalized spacial score (nSPS) is 14.4. The summed E-state index contributed by atoms with van der Waals surface area (Å²) in [4.78, 5) is 12.2. The van der Waals surface area contributed by atoms with Crippen LogP contribution in [0.2, 0.25) is 5.02 Å². The van der Waals surface area contributed by atoms with Crippen LogP contribution in [0.15, 0.2) is 30.3 Å². The Kier molecular flexibility index (Phi) is 3.94. The lowest BCUT2D eigenvalue weighted by Gasteiger charge is -2.14. The van der Waals surface area contributed by atoms with Gasteiger partial charge in [-0.3, -0.25) is 0 Å². The molecule has 24 heavy (non-hydrogen) atoms. The molecule has 0 radical (unpaired) electrons. The number of halogens is 1. The first-order valence-corrected chi connectivity index (χ1v) is 8.33. The zero-order valence-corrected chi connectivity index (χ0v) is 13.8. The summed E-state index contributed by atoms with van der Waals surface area (Å²) in [6, 6.07) is 8.91. The van der Waals surface area contributed by atoms with Gasteiger partial charge in [0.25, 0.3) is 0 Å². The van der Waals surface area contributed by atoms with Gasteiger partial charge < -0.3 is 20.1 Å². The van der Waals surface area contributed by atoms with Gasteiger partial charge in [-0.25, -0.2) is 4.79 Å². The lowest BCUT2D eigenvalue weighted by Crippen LogP contribution is -2.28. The molecule has 0 spiro atoms. The summed E-state index contributed by atoms with van der Waals surface area (Å²) in [6.07, 6.45) is 1.72. The SMILES string of the molecule is O=C(NCc1c2c(cc3c1OCC3)OCC2)Nc1ccccc1Cl. The summed E-state index contributed by atoms with van der Waals surface area (Å²) in [5.74, 6) is 1.82. The molecule has 0 saturated heterocycles. The van der Waals surface area contributed by atoms with Crippen LogP contribution in [0.1, 0.15) is 16.7 Å². The van der Waals surface area contributed by atoms with Crippen LogP contribution in [0.3, 0.4) is 0 Å². The Morgan fingerprint density at radius 3 is 2.88 bits per heavy atom.